The fourth-order valence-corrected chi connectivity index (χ4v) is 4.46. The molecular formula is C18H12ClFN2O3S2. The van der Waals surface area contributed by atoms with Crippen molar-refractivity contribution < 1.29 is 17.6 Å². The summed E-state index contributed by atoms with van der Waals surface area (Å²) in [6, 6.07) is 8.01. The summed E-state index contributed by atoms with van der Waals surface area (Å²) >= 11 is 7.04. The van der Waals surface area contributed by atoms with Gasteiger partial charge in [-0.05, 0) is 36.4 Å². The molecule has 0 unspecified atom stereocenters. The van der Waals surface area contributed by atoms with E-state index in [1.807, 2.05) is 0 Å². The molecule has 0 N–H and O–H groups in total. The number of benzene rings is 2. The molecule has 1 heterocycles. The molecular weight excluding hydrogens is 411 g/mol. The summed E-state index contributed by atoms with van der Waals surface area (Å²) in [5, 5.41) is -0.0484. The predicted molar refractivity (Wildman–Crippen MR) is 103 cm³/mol. The van der Waals surface area contributed by atoms with Gasteiger partial charge >= 0.3 is 0 Å². The van der Waals surface area contributed by atoms with Gasteiger partial charge in [-0.15, -0.1) is 6.42 Å². The van der Waals surface area contributed by atoms with Crippen molar-refractivity contribution in [3.63, 3.8) is 0 Å². The van der Waals surface area contributed by atoms with Crippen molar-refractivity contribution in [2.45, 2.75) is 11.4 Å². The van der Waals surface area contributed by atoms with Gasteiger partial charge in [-0.1, -0.05) is 28.9 Å². The van der Waals surface area contributed by atoms with Crippen molar-refractivity contribution in [1.29, 1.82) is 0 Å². The number of terminal acetylenes is 1. The van der Waals surface area contributed by atoms with Crippen LogP contribution in [0.4, 0.5) is 4.39 Å². The Morgan fingerprint density at radius 2 is 2.07 bits per heavy atom. The summed E-state index contributed by atoms with van der Waals surface area (Å²) < 4.78 is 38.9. The van der Waals surface area contributed by atoms with Crippen LogP contribution in [0.5, 0.6) is 0 Å². The number of carbonyl (C=O) groups excluding carboxylic acids is 1. The first-order valence-corrected chi connectivity index (χ1v) is 10.6. The molecule has 0 aliphatic carbocycles. The van der Waals surface area contributed by atoms with Crippen LogP contribution >= 0.6 is 22.9 Å². The first-order valence-electron chi connectivity index (χ1n) is 7.51. The van der Waals surface area contributed by atoms with E-state index in [2.05, 4.69) is 10.9 Å². The van der Waals surface area contributed by atoms with Gasteiger partial charge in [0.25, 0.3) is 5.91 Å². The fraction of sp³-hybridized carbons (Fsp3) is 0.111. The molecule has 0 saturated carbocycles. The number of rotatable bonds is 3. The lowest BCUT2D eigenvalue weighted by Crippen LogP contribution is -2.16. The Labute approximate surface area is 163 Å². The number of carbonyl (C=O) groups is 1. The van der Waals surface area contributed by atoms with Crippen LogP contribution in [0.1, 0.15) is 10.4 Å². The molecule has 0 aliphatic rings. The number of sulfone groups is 1. The van der Waals surface area contributed by atoms with Gasteiger partial charge in [0.05, 0.1) is 32.2 Å². The van der Waals surface area contributed by atoms with E-state index in [1.165, 1.54) is 18.2 Å². The second kappa shape index (κ2) is 7.27. The maximum Gasteiger partial charge on any atom is 0.281 e. The highest BCUT2D eigenvalue weighted by Gasteiger charge is 2.14. The second-order valence-corrected chi connectivity index (χ2v) is 9.05. The zero-order valence-corrected chi connectivity index (χ0v) is 16.3. The van der Waals surface area contributed by atoms with Crippen LogP contribution in [0, 0.1) is 18.2 Å². The SMILES string of the molecule is C#CCn1c(=NC(=O)c2ccc(F)cc2Cl)sc2cc(S(C)(=O)=O)ccc21. The number of aromatic nitrogens is 1. The van der Waals surface area contributed by atoms with Crippen LogP contribution in [0.25, 0.3) is 10.2 Å². The Morgan fingerprint density at radius 3 is 2.70 bits per heavy atom. The molecule has 0 saturated heterocycles. The van der Waals surface area contributed by atoms with Gasteiger partial charge in [-0.25, -0.2) is 12.8 Å². The molecule has 27 heavy (non-hydrogen) atoms. The Balaban J connectivity index is 2.20. The van der Waals surface area contributed by atoms with E-state index in [0.717, 1.165) is 29.7 Å². The highest BCUT2D eigenvalue weighted by Crippen LogP contribution is 2.22. The van der Waals surface area contributed by atoms with E-state index in [-0.39, 0.29) is 22.0 Å². The average Bonchev–Trinajstić information content (AvgIpc) is 2.91. The number of hydrogen-bond acceptors (Lipinski definition) is 4. The minimum absolute atomic E-state index is 0.0484. The number of thiazole rings is 1. The van der Waals surface area contributed by atoms with Crippen LogP contribution in [-0.2, 0) is 16.4 Å². The van der Waals surface area contributed by atoms with Crippen LogP contribution in [0.3, 0.4) is 0 Å². The largest absolute Gasteiger partial charge is 0.305 e. The summed E-state index contributed by atoms with van der Waals surface area (Å²) in [7, 11) is -3.38. The Hall–Kier alpha value is -2.47. The monoisotopic (exact) mass is 422 g/mol. The van der Waals surface area contributed by atoms with Crippen LogP contribution < -0.4 is 4.80 Å². The predicted octanol–water partition coefficient (Wildman–Crippen LogP) is 3.27. The molecule has 9 heteroatoms. The number of nitrogens with zero attached hydrogens (tertiary/aromatic N) is 2. The molecule has 0 bridgehead atoms. The third-order valence-corrected chi connectivity index (χ3v) is 6.15. The van der Waals surface area contributed by atoms with E-state index in [0.29, 0.717) is 15.0 Å². The molecule has 138 valence electrons. The summed E-state index contributed by atoms with van der Waals surface area (Å²) in [6.45, 7) is 0.140. The van der Waals surface area contributed by atoms with Gasteiger partial charge in [0.1, 0.15) is 5.82 Å². The first-order chi connectivity index (χ1) is 12.7. The number of halogens is 2. The van der Waals surface area contributed by atoms with Crippen LogP contribution in [-0.4, -0.2) is 25.1 Å². The zero-order chi connectivity index (χ0) is 19.8. The van der Waals surface area contributed by atoms with Crippen molar-refractivity contribution >= 4 is 48.9 Å². The van der Waals surface area contributed by atoms with Crippen molar-refractivity contribution in [2.75, 3.05) is 6.26 Å². The van der Waals surface area contributed by atoms with Crippen molar-refractivity contribution in [1.82, 2.24) is 4.57 Å². The zero-order valence-electron chi connectivity index (χ0n) is 13.9. The normalized spacial score (nSPS) is 12.3. The van der Waals surface area contributed by atoms with Crippen LogP contribution in [0.15, 0.2) is 46.3 Å². The molecule has 0 atom stereocenters. The molecule has 0 fully saturated rings. The smallest absolute Gasteiger partial charge is 0.281 e. The van der Waals surface area contributed by atoms with Crippen molar-refractivity contribution in [3.05, 3.63) is 57.6 Å². The third kappa shape index (κ3) is 3.95. The third-order valence-electron chi connectivity index (χ3n) is 3.69. The molecule has 5 nitrogen and oxygen atoms in total. The molecule has 0 radical (unpaired) electrons. The Morgan fingerprint density at radius 1 is 1.33 bits per heavy atom. The Bertz CT molecular complexity index is 1280. The lowest BCUT2D eigenvalue weighted by Gasteiger charge is -2.02. The summed E-state index contributed by atoms with van der Waals surface area (Å²) in [5.74, 6) is 1.27. The molecule has 0 spiro atoms. The maximum atomic E-state index is 13.2. The first kappa shape index (κ1) is 19.3. The fourth-order valence-electron chi connectivity index (χ4n) is 2.42. The van der Waals surface area contributed by atoms with E-state index in [1.54, 1.807) is 10.6 Å². The van der Waals surface area contributed by atoms with E-state index >= 15 is 0 Å². The quantitative estimate of drug-likeness (QED) is 0.608. The molecule has 3 rings (SSSR count). The molecule has 1 aromatic heterocycles. The number of fused-ring (bicyclic) bond motifs is 1. The molecule has 3 aromatic rings. The minimum atomic E-state index is -3.38. The minimum Gasteiger partial charge on any atom is -0.305 e. The van der Waals surface area contributed by atoms with Crippen molar-refractivity contribution in [3.8, 4) is 12.3 Å². The summed E-state index contributed by atoms with van der Waals surface area (Å²) in [5.41, 5.74) is 0.710. The van der Waals surface area contributed by atoms with Crippen molar-refractivity contribution in [2.24, 2.45) is 4.99 Å². The van der Waals surface area contributed by atoms with Crippen LogP contribution in [0.2, 0.25) is 5.02 Å². The van der Waals surface area contributed by atoms with Gasteiger partial charge in [0.15, 0.2) is 14.6 Å². The van der Waals surface area contributed by atoms with Gasteiger partial charge in [0.2, 0.25) is 0 Å². The maximum absolute atomic E-state index is 13.2. The topological polar surface area (TPSA) is 68.5 Å². The summed E-state index contributed by atoms with van der Waals surface area (Å²) in [4.78, 5) is 17.0. The average molecular weight is 423 g/mol. The molecule has 0 aliphatic heterocycles. The van der Waals surface area contributed by atoms with Gasteiger partial charge in [0, 0.05) is 6.26 Å². The highest BCUT2D eigenvalue weighted by atomic mass is 35.5. The van der Waals surface area contributed by atoms with E-state index < -0.39 is 21.6 Å². The van der Waals surface area contributed by atoms with E-state index in [9.17, 15) is 17.6 Å². The second-order valence-electron chi connectivity index (χ2n) is 5.62. The summed E-state index contributed by atoms with van der Waals surface area (Å²) in [6.07, 6.45) is 6.52. The lowest BCUT2D eigenvalue weighted by atomic mass is 10.2. The molecule has 2 aromatic carbocycles. The van der Waals surface area contributed by atoms with E-state index in [4.69, 9.17) is 18.0 Å². The number of hydrogen-bond donors (Lipinski definition) is 0. The standard InChI is InChI=1S/C18H12ClFN2O3S2/c1-3-8-22-15-7-5-12(27(2,24)25)10-16(15)26-18(22)21-17(23)13-6-4-11(20)9-14(13)19/h1,4-7,9-10H,8H2,2H3. The molecule has 1 amide bonds. The lowest BCUT2D eigenvalue weighted by molar-refractivity contribution is 0.0998. The Kier molecular flexibility index (Phi) is 5.20. The van der Waals surface area contributed by atoms with Gasteiger partial charge < -0.3 is 4.57 Å². The number of amides is 1. The van der Waals surface area contributed by atoms with Gasteiger partial charge in [-0.3, -0.25) is 4.79 Å². The highest BCUT2D eigenvalue weighted by molar-refractivity contribution is 7.90. The van der Waals surface area contributed by atoms with Gasteiger partial charge in [-0.2, -0.15) is 4.99 Å².